The first kappa shape index (κ1) is 13.6. The number of allylic oxidation sites excluding steroid dienone is 4. The highest BCUT2D eigenvalue weighted by molar-refractivity contribution is 5.94. The molecule has 0 heterocycles. The van der Waals surface area contributed by atoms with Gasteiger partial charge >= 0.3 is 11.9 Å². The number of hydrogen-bond acceptors (Lipinski definition) is 2. The van der Waals surface area contributed by atoms with E-state index >= 15 is 0 Å². The van der Waals surface area contributed by atoms with Crippen molar-refractivity contribution in [2.24, 2.45) is 0 Å². The summed E-state index contributed by atoms with van der Waals surface area (Å²) in [6, 6.07) is 3.89. The summed E-state index contributed by atoms with van der Waals surface area (Å²) in [5.74, 6) is 0.351. The second kappa shape index (κ2) is 5.06. The highest BCUT2D eigenvalue weighted by Gasteiger charge is 2.32. The molecule has 100 valence electrons. The molecule has 0 spiro atoms. The van der Waals surface area contributed by atoms with Gasteiger partial charge in [0.05, 0.1) is 16.5 Å². The van der Waals surface area contributed by atoms with Gasteiger partial charge in [0.1, 0.15) is 0 Å². The molecule has 1 aromatic rings. The van der Waals surface area contributed by atoms with Crippen molar-refractivity contribution >= 4 is 11.9 Å². The molecule has 1 unspecified atom stereocenters. The van der Waals surface area contributed by atoms with Crippen LogP contribution in [0.1, 0.15) is 32.7 Å². The zero-order chi connectivity index (χ0) is 14.8. The van der Waals surface area contributed by atoms with Crippen molar-refractivity contribution in [1.82, 2.24) is 0 Å². The minimum atomic E-state index is -1.13. The van der Waals surface area contributed by atoms with Gasteiger partial charge in [-0.05, 0) is 30.2 Å². The Morgan fingerprint density at radius 1 is 1.20 bits per heavy atom. The van der Waals surface area contributed by atoms with Crippen LogP contribution in [-0.4, -0.2) is 22.2 Å². The average molecular weight is 268 g/mol. The molecular weight excluding hydrogens is 256 g/mol. The van der Waals surface area contributed by atoms with Crippen LogP contribution in [0.2, 0.25) is 0 Å². The van der Waals surface area contributed by atoms with Gasteiger partial charge in [-0.15, -0.1) is 6.42 Å². The van der Waals surface area contributed by atoms with E-state index in [1.165, 1.54) is 18.2 Å². The van der Waals surface area contributed by atoms with Crippen LogP contribution in [0.25, 0.3) is 0 Å². The zero-order valence-electron chi connectivity index (χ0n) is 10.5. The van der Waals surface area contributed by atoms with E-state index < -0.39 is 17.4 Å². The summed E-state index contributed by atoms with van der Waals surface area (Å²) in [6.07, 6.45) is 13.1. The lowest BCUT2D eigenvalue weighted by molar-refractivity contribution is 0.0679. The van der Waals surface area contributed by atoms with Crippen LogP contribution in [-0.2, 0) is 5.41 Å². The van der Waals surface area contributed by atoms with Crippen LogP contribution >= 0.6 is 0 Å². The summed E-state index contributed by atoms with van der Waals surface area (Å²) in [5, 5.41) is 18.3. The second-order valence-corrected chi connectivity index (χ2v) is 4.48. The molecule has 0 aliphatic heterocycles. The number of aromatic carboxylic acids is 2. The minimum Gasteiger partial charge on any atom is -0.478 e. The van der Waals surface area contributed by atoms with Gasteiger partial charge in [-0.25, -0.2) is 9.59 Å². The van der Waals surface area contributed by atoms with Crippen LogP contribution in [0.4, 0.5) is 0 Å². The molecule has 1 aromatic carbocycles. The van der Waals surface area contributed by atoms with Crippen molar-refractivity contribution in [3.63, 3.8) is 0 Å². The summed E-state index contributed by atoms with van der Waals surface area (Å²) in [4.78, 5) is 22.4. The van der Waals surface area contributed by atoms with Crippen molar-refractivity contribution in [2.75, 3.05) is 0 Å². The van der Waals surface area contributed by atoms with E-state index in [1.807, 2.05) is 12.2 Å². The maximum Gasteiger partial charge on any atom is 0.336 e. The molecule has 0 radical (unpaired) electrons. The molecule has 1 aliphatic carbocycles. The summed E-state index contributed by atoms with van der Waals surface area (Å²) in [5.41, 5.74) is -0.558. The standard InChI is InChI=1S/C16H12O4/c1-2-16(8-4-3-5-9-16)13-10-11(14(17)18)6-7-12(13)15(19)20/h1,3-8,10H,9H2,(H,17,18)(H,19,20). The lowest BCUT2D eigenvalue weighted by atomic mass is 9.74. The molecule has 2 N–H and O–H groups in total. The number of carboxylic acids is 2. The third-order valence-corrected chi connectivity index (χ3v) is 3.30. The van der Waals surface area contributed by atoms with E-state index in [0.717, 1.165) is 0 Å². The van der Waals surface area contributed by atoms with Gasteiger partial charge in [0.15, 0.2) is 0 Å². The number of terminal acetylenes is 1. The van der Waals surface area contributed by atoms with E-state index in [1.54, 1.807) is 12.2 Å². The SMILES string of the molecule is C#CC1(c2cc(C(=O)O)ccc2C(=O)O)C=CC=CC1. The van der Waals surface area contributed by atoms with Crippen LogP contribution < -0.4 is 0 Å². The van der Waals surface area contributed by atoms with Gasteiger partial charge in [-0.3, -0.25) is 0 Å². The van der Waals surface area contributed by atoms with Gasteiger partial charge in [0.2, 0.25) is 0 Å². The molecule has 0 saturated heterocycles. The summed E-state index contributed by atoms with van der Waals surface area (Å²) in [7, 11) is 0. The Morgan fingerprint density at radius 3 is 2.45 bits per heavy atom. The fraction of sp³-hybridized carbons (Fsp3) is 0.125. The maximum absolute atomic E-state index is 11.3. The van der Waals surface area contributed by atoms with Gasteiger partial charge in [0.25, 0.3) is 0 Å². The molecule has 0 amide bonds. The van der Waals surface area contributed by atoms with E-state index in [2.05, 4.69) is 5.92 Å². The van der Waals surface area contributed by atoms with Crippen LogP contribution in [0, 0.1) is 12.3 Å². The van der Waals surface area contributed by atoms with Gasteiger partial charge in [0, 0.05) is 0 Å². The van der Waals surface area contributed by atoms with Crippen molar-refractivity contribution in [3.05, 3.63) is 59.2 Å². The Bertz CT molecular complexity index is 676. The number of rotatable bonds is 3. The fourth-order valence-electron chi connectivity index (χ4n) is 2.24. The Hall–Kier alpha value is -2.80. The smallest absolute Gasteiger partial charge is 0.336 e. The molecule has 0 saturated carbocycles. The summed E-state index contributed by atoms with van der Waals surface area (Å²) < 4.78 is 0. The van der Waals surface area contributed by atoms with Crippen molar-refractivity contribution < 1.29 is 19.8 Å². The maximum atomic E-state index is 11.3. The number of hydrogen-bond donors (Lipinski definition) is 2. The number of benzene rings is 1. The number of carboxylic acid groups (broad SMARTS) is 2. The molecule has 1 aliphatic rings. The van der Waals surface area contributed by atoms with Gasteiger partial charge in [-0.2, -0.15) is 0 Å². The Balaban J connectivity index is 2.70. The Kier molecular flexibility index (Phi) is 3.45. The lowest BCUT2D eigenvalue weighted by Gasteiger charge is -2.27. The quantitative estimate of drug-likeness (QED) is 0.826. The molecule has 0 bridgehead atoms. The zero-order valence-corrected chi connectivity index (χ0v) is 10.5. The van der Waals surface area contributed by atoms with E-state index in [0.29, 0.717) is 12.0 Å². The third kappa shape index (κ3) is 2.21. The summed E-state index contributed by atoms with van der Waals surface area (Å²) in [6.45, 7) is 0. The van der Waals surface area contributed by atoms with Crippen LogP contribution in [0.3, 0.4) is 0 Å². The van der Waals surface area contributed by atoms with E-state index in [4.69, 9.17) is 11.5 Å². The highest BCUT2D eigenvalue weighted by Crippen LogP contribution is 2.35. The van der Waals surface area contributed by atoms with Gasteiger partial charge in [-0.1, -0.05) is 30.2 Å². The van der Waals surface area contributed by atoms with Crippen molar-refractivity contribution in [3.8, 4) is 12.3 Å². The molecule has 4 nitrogen and oxygen atoms in total. The first-order chi connectivity index (χ1) is 9.50. The minimum absolute atomic E-state index is 0.0163. The molecule has 1 atom stereocenters. The molecule has 0 aromatic heterocycles. The first-order valence-corrected chi connectivity index (χ1v) is 5.93. The lowest BCUT2D eigenvalue weighted by Crippen LogP contribution is -2.25. The number of carbonyl (C=O) groups is 2. The molecule has 2 rings (SSSR count). The van der Waals surface area contributed by atoms with Gasteiger partial charge < -0.3 is 10.2 Å². The summed E-state index contributed by atoms with van der Waals surface area (Å²) >= 11 is 0. The third-order valence-electron chi connectivity index (χ3n) is 3.30. The van der Waals surface area contributed by atoms with Crippen LogP contribution in [0.5, 0.6) is 0 Å². The van der Waals surface area contributed by atoms with Crippen LogP contribution in [0.15, 0.2) is 42.5 Å². The Labute approximate surface area is 116 Å². The highest BCUT2D eigenvalue weighted by atomic mass is 16.4. The molecule has 4 heteroatoms. The van der Waals surface area contributed by atoms with E-state index in [9.17, 15) is 14.7 Å². The Morgan fingerprint density at radius 2 is 1.95 bits per heavy atom. The predicted octanol–water partition coefficient (Wildman–Crippen LogP) is 2.47. The topological polar surface area (TPSA) is 74.6 Å². The predicted molar refractivity (Wildman–Crippen MR) is 73.8 cm³/mol. The average Bonchev–Trinajstić information content (AvgIpc) is 2.47. The first-order valence-electron chi connectivity index (χ1n) is 5.93. The molecule has 0 fully saturated rings. The normalized spacial score (nSPS) is 20.4. The van der Waals surface area contributed by atoms with Crippen molar-refractivity contribution in [2.45, 2.75) is 11.8 Å². The largest absolute Gasteiger partial charge is 0.478 e. The fourth-order valence-corrected chi connectivity index (χ4v) is 2.24. The monoisotopic (exact) mass is 268 g/mol. The molecule has 20 heavy (non-hydrogen) atoms. The second-order valence-electron chi connectivity index (χ2n) is 4.48. The van der Waals surface area contributed by atoms with Crippen molar-refractivity contribution in [1.29, 1.82) is 0 Å². The molecular formula is C16H12O4. The van der Waals surface area contributed by atoms with E-state index in [-0.39, 0.29) is 11.1 Å².